The van der Waals surface area contributed by atoms with E-state index in [-0.39, 0.29) is 12.2 Å². The van der Waals surface area contributed by atoms with Gasteiger partial charge in [-0.1, -0.05) is 24.3 Å². The molecule has 0 radical (unpaired) electrons. The molecule has 0 heterocycles. The first kappa shape index (κ1) is 20.3. The molecule has 6 heteroatoms. The average molecular weight is 370 g/mol. The number of amides is 2. The lowest BCUT2D eigenvalue weighted by Gasteiger charge is -2.17. The maximum Gasteiger partial charge on any atom is 0.413 e. The van der Waals surface area contributed by atoms with E-state index in [2.05, 4.69) is 0 Å². The van der Waals surface area contributed by atoms with Crippen molar-refractivity contribution in [1.29, 1.82) is 0 Å². The van der Waals surface area contributed by atoms with Gasteiger partial charge >= 0.3 is 12.2 Å². The van der Waals surface area contributed by atoms with Crippen LogP contribution >= 0.6 is 0 Å². The Balaban J connectivity index is 2.01. The summed E-state index contributed by atoms with van der Waals surface area (Å²) >= 11 is 0. The predicted molar refractivity (Wildman–Crippen MR) is 107 cm³/mol. The molecule has 0 N–H and O–H groups in total. The smallest absolute Gasteiger partial charge is 0.413 e. The maximum atomic E-state index is 11.8. The molecule has 0 aliphatic heterocycles. The third-order valence-electron chi connectivity index (χ3n) is 4.14. The number of anilines is 2. The van der Waals surface area contributed by atoms with Crippen LogP contribution in [0.1, 0.15) is 25.0 Å². The zero-order chi connectivity index (χ0) is 19.8. The first-order valence-electron chi connectivity index (χ1n) is 8.95. The standard InChI is InChI=1S/C21H26N2O4/c1-5-26-20(24)22(3)18-11-7-16(8-12-18)15-17-9-13-19(14-10-17)23(4)21(25)27-6-2/h7-14H,5-6,15H2,1-4H3. The second-order valence-corrected chi connectivity index (χ2v) is 6.03. The number of carbonyl (C=O) groups excluding carboxylic acids is 2. The van der Waals surface area contributed by atoms with Crippen LogP contribution in [0.5, 0.6) is 0 Å². The van der Waals surface area contributed by atoms with E-state index in [1.165, 1.54) is 9.80 Å². The maximum absolute atomic E-state index is 11.8. The SMILES string of the molecule is CCOC(=O)N(C)c1ccc(Cc2ccc(N(C)C(=O)OCC)cc2)cc1. The summed E-state index contributed by atoms with van der Waals surface area (Å²) in [6.45, 7) is 4.26. The second-order valence-electron chi connectivity index (χ2n) is 6.03. The molecule has 0 atom stereocenters. The Kier molecular flexibility index (Phi) is 7.23. The van der Waals surface area contributed by atoms with Crippen molar-refractivity contribution in [3.05, 3.63) is 59.7 Å². The van der Waals surface area contributed by atoms with Crippen LogP contribution in [0.15, 0.2) is 48.5 Å². The van der Waals surface area contributed by atoms with Gasteiger partial charge in [-0.05, 0) is 55.7 Å². The van der Waals surface area contributed by atoms with E-state index in [0.29, 0.717) is 13.2 Å². The normalized spacial score (nSPS) is 10.2. The van der Waals surface area contributed by atoms with Crippen molar-refractivity contribution >= 4 is 23.6 Å². The molecule has 144 valence electrons. The van der Waals surface area contributed by atoms with Crippen LogP contribution in [0.25, 0.3) is 0 Å². The third kappa shape index (κ3) is 5.48. The first-order valence-corrected chi connectivity index (χ1v) is 8.95. The lowest BCUT2D eigenvalue weighted by Crippen LogP contribution is -2.26. The minimum absolute atomic E-state index is 0.350. The number of carbonyl (C=O) groups is 2. The van der Waals surface area contributed by atoms with Crippen LogP contribution in [-0.4, -0.2) is 39.5 Å². The summed E-state index contributed by atoms with van der Waals surface area (Å²) in [5, 5.41) is 0. The molecule has 0 aliphatic rings. The molecule has 0 fully saturated rings. The molecule has 0 saturated carbocycles. The van der Waals surface area contributed by atoms with E-state index < -0.39 is 0 Å². The van der Waals surface area contributed by atoms with Gasteiger partial charge in [0.15, 0.2) is 0 Å². The summed E-state index contributed by atoms with van der Waals surface area (Å²) in [5.41, 5.74) is 3.82. The molecule has 0 spiro atoms. The minimum atomic E-state index is -0.369. The summed E-state index contributed by atoms with van der Waals surface area (Å²) in [6.07, 6.45) is 0.0189. The van der Waals surface area contributed by atoms with Gasteiger partial charge in [-0.15, -0.1) is 0 Å². The highest BCUT2D eigenvalue weighted by Gasteiger charge is 2.12. The largest absolute Gasteiger partial charge is 0.449 e. The number of hydrogen-bond donors (Lipinski definition) is 0. The Hall–Kier alpha value is -3.02. The highest BCUT2D eigenvalue weighted by molar-refractivity contribution is 5.87. The van der Waals surface area contributed by atoms with Gasteiger partial charge in [0.1, 0.15) is 0 Å². The highest BCUT2D eigenvalue weighted by Crippen LogP contribution is 2.19. The molecule has 2 aromatic rings. The minimum Gasteiger partial charge on any atom is -0.449 e. The average Bonchev–Trinajstić information content (AvgIpc) is 2.68. The fraction of sp³-hybridized carbons (Fsp3) is 0.333. The molecule has 6 nitrogen and oxygen atoms in total. The monoisotopic (exact) mass is 370 g/mol. The van der Waals surface area contributed by atoms with Gasteiger partial charge < -0.3 is 9.47 Å². The molecule has 27 heavy (non-hydrogen) atoms. The highest BCUT2D eigenvalue weighted by atomic mass is 16.6. The number of hydrogen-bond acceptors (Lipinski definition) is 4. The molecule has 0 saturated heterocycles. The van der Waals surface area contributed by atoms with E-state index in [1.807, 2.05) is 48.5 Å². The van der Waals surface area contributed by atoms with Crippen molar-refractivity contribution in [2.75, 3.05) is 37.1 Å². The van der Waals surface area contributed by atoms with Crippen molar-refractivity contribution in [2.24, 2.45) is 0 Å². The zero-order valence-electron chi connectivity index (χ0n) is 16.3. The number of rotatable bonds is 6. The molecular formula is C21H26N2O4. The number of nitrogens with zero attached hydrogens (tertiary/aromatic N) is 2. The summed E-state index contributed by atoms with van der Waals surface area (Å²) in [6, 6.07) is 15.6. The van der Waals surface area contributed by atoms with Crippen molar-refractivity contribution < 1.29 is 19.1 Å². The van der Waals surface area contributed by atoms with Gasteiger partial charge in [-0.25, -0.2) is 9.59 Å². The summed E-state index contributed by atoms with van der Waals surface area (Å²) in [5.74, 6) is 0. The van der Waals surface area contributed by atoms with Crippen molar-refractivity contribution in [1.82, 2.24) is 0 Å². The summed E-state index contributed by atoms with van der Waals surface area (Å²) < 4.78 is 9.99. The van der Waals surface area contributed by atoms with Crippen molar-refractivity contribution in [3.63, 3.8) is 0 Å². The topological polar surface area (TPSA) is 59.1 Å². The molecule has 2 rings (SSSR count). The summed E-state index contributed by atoms with van der Waals surface area (Å²) in [7, 11) is 3.37. The van der Waals surface area contributed by atoms with E-state index in [9.17, 15) is 9.59 Å². The lowest BCUT2D eigenvalue weighted by atomic mass is 10.0. The predicted octanol–water partition coefficient (Wildman–Crippen LogP) is 4.46. The van der Waals surface area contributed by atoms with Crippen molar-refractivity contribution in [2.45, 2.75) is 20.3 Å². The zero-order valence-corrected chi connectivity index (χ0v) is 16.3. The molecular weight excluding hydrogens is 344 g/mol. The van der Waals surface area contributed by atoms with Crippen LogP contribution in [0.2, 0.25) is 0 Å². The van der Waals surface area contributed by atoms with E-state index in [0.717, 1.165) is 28.9 Å². The molecule has 0 aliphatic carbocycles. The van der Waals surface area contributed by atoms with Crippen LogP contribution in [-0.2, 0) is 15.9 Å². The third-order valence-corrected chi connectivity index (χ3v) is 4.14. The van der Waals surface area contributed by atoms with Crippen LogP contribution in [0.4, 0.5) is 21.0 Å². The van der Waals surface area contributed by atoms with Crippen molar-refractivity contribution in [3.8, 4) is 0 Å². The molecule has 0 bridgehead atoms. The van der Waals surface area contributed by atoms with Gasteiger partial charge in [-0.2, -0.15) is 0 Å². The number of benzene rings is 2. The van der Waals surface area contributed by atoms with Gasteiger partial charge in [0.2, 0.25) is 0 Å². The summed E-state index contributed by atoms with van der Waals surface area (Å²) in [4.78, 5) is 26.5. The fourth-order valence-corrected chi connectivity index (χ4v) is 2.56. The number of ether oxygens (including phenoxy) is 2. The molecule has 0 aromatic heterocycles. The molecule has 2 aromatic carbocycles. The quantitative estimate of drug-likeness (QED) is 0.753. The van der Waals surface area contributed by atoms with E-state index >= 15 is 0 Å². The van der Waals surface area contributed by atoms with Gasteiger partial charge in [0.05, 0.1) is 13.2 Å². The Bertz CT molecular complexity index is 691. The molecule has 0 unspecified atom stereocenters. The van der Waals surface area contributed by atoms with Crippen LogP contribution < -0.4 is 9.80 Å². The van der Waals surface area contributed by atoms with E-state index in [4.69, 9.17) is 9.47 Å². The van der Waals surface area contributed by atoms with Crippen LogP contribution in [0.3, 0.4) is 0 Å². The Morgan fingerprint density at radius 3 is 1.33 bits per heavy atom. The second kappa shape index (κ2) is 9.62. The molecule has 2 amide bonds. The van der Waals surface area contributed by atoms with Gasteiger partial charge in [0, 0.05) is 25.5 Å². The van der Waals surface area contributed by atoms with E-state index in [1.54, 1.807) is 27.9 Å². The Morgan fingerprint density at radius 2 is 1.04 bits per heavy atom. The van der Waals surface area contributed by atoms with Crippen LogP contribution in [0, 0.1) is 0 Å². The lowest BCUT2D eigenvalue weighted by molar-refractivity contribution is 0.160. The Labute approximate surface area is 160 Å². The first-order chi connectivity index (χ1) is 13.0. The van der Waals surface area contributed by atoms with Gasteiger partial charge in [0.25, 0.3) is 0 Å². The Morgan fingerprint density at radius 1 is 0.704 bits per heavy atom. The fourth-order valence-electron chi connectivity index (χ4n) is 2.56. The van der Waals surface area contributed by atoms with Gasteiger partial charge in [-0.3, -0.25) is 9.80 Å².